The van der Waals surface area contributed by atoms with Crippen LogP contribution in [-0.2, 0) is 6.42 Å². The standard InChI is InChI=1S/C11H8BrF2NOS/c12-7-1-2-8(13)6(11(7)14)3-10(16)9-4-17-5-15-9/h1-2,4-5,10,16H,3H2. The first kappa shape index (κ1) is 12.6. The number of thiazole rings is 1. The highest BCUT2D eigenvalue weighted by molar-refractivity contribution is 9.10. The summed E-state index contributed by atoms with van der Waals surface area (Å²) in [6, 6.07) is 2.46. The molecule has 1 aromatic carbocycles. The summed E-state index contributed by atoms with van der Waals surface area (Å²) in [5, 5.41) is 11.4. The SMILES string of the molecule is OC(Cc1c(F)ccc(Br)c1F)c1cscn1. The lowest BCUT2D eigenvalue weighted by Crippen LogP contribution is -2.06. The number of aliphatic hydroxyl groups is 1. The first-order chi connectivity index (χ1) is 8.09. The van der Waals surface area contributed by atoms with Crippen LogP contribution < -0.4 is 0 Å². The molecule has 0 aliphatic heterocycles. The molecule has 1 heterocycles. The first-order valence-corrected chi connectivity index (χ1v) is 6.51. The minimum Gasteiger partial charge on any atom is -0.386 e. The lowest BCUT2D eigenvalue weighted by Gasteiger charge is -2.10. The molecule has 0 fully saturated rings. The van der Waals surface area contributed by atoms with E-state index in [0.717, 1.165) is 6.07 Å². The average Bonchev–Trinajstić information content (AvgIpc) is 2.83. The molecule has 2 nitrogen and oxygen atoms in total. The molecule has 1 N–H and O–H groups in total. The van der Waals surface area contributed by atoms with Gasteiger partial charge in [0, 0.05) is 17.4 Å². The van der Waals surface area contributed by atoms with E-state index in [-0.39, 0.29) is 16.5 Å². The van der Waals surface area contributed by atoms with Gasteiger partial charge in [-0.2, -0.15) is 0 Å². The fourth-order valence-electron chi connectivity index (χ4n) is 1.44. The van der Waals surface area contributed by atoms with Crippen molar-refractivity contribution in [1.82, 2.24) is 4.98 Å². The van der Waals surface area contributed by atoms with E-state index in [0.29, 0.717) is 5.69 Å². The van der Waals surface area contributed by atoms with E-state index in [4.69, 9.17) is 0 Å². The molecule has 0 bridgehead atoms. The van der Waals surface area contributed by atoms with Gasteiger partial charge in [0.15, 0.2) is 0 Å². The fraction of sp³-hybridized carbons (Fsp3) is 0.182. The van der Waals surface area contributed by atoms with Crippen LogP contribution in [0.2, 0.25) is 0 Å². The predicted molar refractivity (Wildman–Crippen MR) is 64.8 cm³/mol. The molecule has 1 unspecified atom stereocenters. The van der Waals surface area contributed by atoms with Crippen molar-refractivity contribution in [3.05, 3.63) is 50.4 Å². The van der Waals surface area contributed by atoms with Crippen LogP contribution in [0.5, 0.6) is 0 Å². The normalized spacial score (nSPS) is 12.7. The van der Waals surface area contributed by atoms with Gasteiger partial charge in [-0.25, -0.2) is 13.8 Å². The van der Waals surface area contributed by atoms with E-state index in [1.807, 2.05) is 0 Å². The maximum absolute atomic E-state index is 13.6. The van der Waals surface area contributed by atoms with Crippen LogP contribution in [0.25, 0.3) is 0 Å². The van der Waals surface area contributed by atoms with Gasteiger partial charge in [-0.1, -0.05) is 0 Å². The van der Waals surface area contributed by atoms with E-state index >= 15 is 0 Å². The van der Waals surface area contributed by atoms with Gasteiger partial charge in [0.1, 0.15) is 17.7 Å². The fourth-order valence-corrected chi connectivity index (χ4v) is 2.41. The Morgan fingerprint density at radius 1 is 1.41 bits per heavy atom. The molecule has 0 aliphatic rings. The summed E-state index contributed by atoms with van der Waals surface area (Å²) in [4.78, 5) is 3.91. The third kappa shape index (κ3) is 2.70. The number of hydrogen-bond acceptors (Lipinski definition) is 3. The summed E-state index contributed by atoms with van der Waals surface area (Å²) >= 11 is 4.30. The molecule has 0 saturated heterocycles. The number of aliphatic hydroxyl groups excluding tert-OH is 1. The van der Waals surface area contributed by atoms with Crippen LogP contribution in [0.4, 0.5) is 8.78 Å². The van der Waals surface area contributed by atoms with Crippen molar-refractivity contribution < 1.29 is 13.9 Å². The highest BCUT2D eigenvalue weighted by Crippen LogP contribution is 2.26. The molecule has 0 radical (unpaired) electrons. The number of rotatable bonds is 3. The summed E-state index contributed by atoms with van der Waals surface area (Å²) in [6.45, 7) is 0. The van der Waals surface area contributed by atoms with Gasteiger partial charge in [-0.15, -0.1) is 11.3 Å². The van der Waals surface area contributed by atoms with Crippen molar-refractivity contribution in [2.45, 2.75) is 12.5 Å². The van der Waals surface area contributed by atoms with Crippen LogP contribution in [-0.4, -0.2) is 10.1 Å². The first-order valence-electron chi connectivity index (χ1n) is 4.78. The molecular weight excluding hydrogens is 312 g/mol. The van der Waals surface area contributed by atoms with Crippen molar-refractivity contribution in [2.24, 2.45) is 0 Å². The third-order valence-electron chi connectivity index (χ3n) is 2.33. The maximum atomic E-state index is 13.6. The van der Waals surface area contributed by atoms with Crippen LogP contribution in [0.15, 0.2) is 27.5 Å². The second-order valence-electron chi connectivity index (χ2n) is 3.45. The van der Waals surface area contributed by atoms with Crippen LogP contribution in [0, 0.1) is 11.6 Å². The minimum atomic E-state index is -1.00. The Balaban J connectivity index is 2.27. The number of aromatic nitrogens is 1. The Labute approximate surface area is 109 Å². The molecule has 0 spiro atoms. The molecule has 0 saturated carbocycles. The summed E-state index contributed by atoms with van der Waals surface area (Å²) < 4.78 is 27.3. The summed E-state index contributed by atoms with van der Waals surface area (Å²) in [5.74, 6) is -1.35. The Morgan fingerprint density at radius 3 is 2.82 bits per heavy atom. The van der Waals surface area contributed by atoms with Crippen molar-refractivity contribution in [3.63, 3.8) is 0 Å². The largest absolute Gasteiger partial charge is 0.386 e. The van der Waals surface area contributed by atoms with Crippen LogP contribution in [0.3, 0.4) is 0 Å². The zero-order valence-electron chi connectivity index (χ0n) is 8.53. The quantitative estimate of drug-likeness (QED) is 0.879. The van der Waals surface area contributed by atoms with E-state index in [1.54, 1.807) is 10.9 Å². The molecule has 0 amide bonds. The molecule has 1 atom stereocenters. The molecule has 2 aromatic rings. The van der Waals surface area contributed by atoms with Crippen LogP contribution >= 0.6 is 27.3 Å². The lowest BCUT2D eigenvalue weighted by atomic mass is 10.1. The maximum Gasteiger partial charge on any atom is 0.143 e. The Morgan fingerprint density at radius 2 is 2.18 bits per heavy atom. The highest BCUT2D eigenvalue weighted by Gasteiger charge is 2.18. The third-order valence-corrected chi connectivity index (χ3v) is 3.55. The van der Waals surface area contributed by atoms with Gasteiger partial charge in [0.2, 0.25) is 0 Å². The van der Waals surface area contributed by atoms with E-state index in [9.17, 15) is 13.9 Å². The van der Waals surface area contributed by atoms with Gasteiger partial charge in [0.25, 0.3) is 0 Å². The van der Waals surface area contributed by atoms with Gasteiger partial charge >= 0.3 is 0 Å². The van der Waals surface area contributed by atoms with Crippen molar-refractivity contribution in [2.75, 3.05) is 0 Å². The van der Waals surface area contributed by atoms with Gasteiger partial charge in [-0.3, -0.25) is 0 Å². The Hall–Kier alpha value is -0.850. The molecule has 0 aliphatic carbocycles. The zero-order chi connectivity index (χ0) is 12.4. The molecule has 6 heteroatoms. The van der Waals surface area contributed by atoms with E-state index in [1.165, 1.54) is 17.4 Å². The molecule has 90 valence electrons. The topological polar surface area (TPSA) is 33.1 Å². The van der Waals surface area contributed by atoms with Gasteiger partial charge in [-0.05, 0) is 28.1 Å². The number of halogens is 3. The molecule has 1 aromatic heterocycles. The number of hydrogen-bond donors (Lipinski definition) is 1. The van der Waals surface area contributed by atoms with Crippen molar-refractivity contribution in [1.29, 1.82) is 0 Å². The monoisotopic (exact) mass is 319 g/mol. The van der Waals surface area contributed by atoms with Crippen molar-refractivity contribution >= 4 is 27.3 Å². The summed E-state index contributed by atoms with van der Waals surface area (Å²) in [6.07, 6.45) is -1.14. The second-order valence-corrected chi connectivity index (χ2v) is 5.03. The highest BCUT2D eigenvalue weighted by atomic mass is 79.9. The predicted octanol–water partition coefficient (Wildman–Crippen LogP) is 3.46. The van der Waals surface area contributed by atoms with Gasteiger partial charge in [0.05, 0.1) is 15.7 Å². The lowest BCUT2D eigenvalue weighted by molar-refractivity contribution is 0.171. The van der Waals surface area contributed by atoms with E-state index < -0.39 is 17.7 Å². The smallest absolute Gasteiger partial charge is 0.143 e. The van der Waals surface area contributed by atoms with Crippen molar-refractivity contribution in [3.8, 4) is 0 Å². The molecular formula is C11H8BrF2NOS. The molecule has 17 heavy (non-hydrogen) atoms. The zero-order valence-corrected chi connectivity index (χ0v) is 10.9. The van der Waals surface area contributed by atoms with E-state index in [2.05, 4.69) is 20.9 Å². The Bertz CT molecular complexity index is 518. The minimum absolute atomic E-state index is 0.138. The van der Waals surface area contributed by atoms with Crippen LogP contribution in [0.1, 0.15) is 17.4 Å². The summed E-state index contributed by atoms with van der Waals surface area (Å²) in [5.41, 5.74) is 1.85. The van der Waals surface area contributed by atoms with Gasteiger partial charge < -0.3 is 5.11 Å². The average molecular weight is 320 g/mol. The molecule has 2 rings (SSSR count). The number of benzene rings is 1. The summed E-state index contributed by atoms with van der Waals surface area (Å²) in [7, 11) is 0. The second kappa shape index (κ2) is 5.20. The number of nitrogens with zero attached hydrogens (tertiary/aromatic N) is 1. The Kier molecular flexibility index (Phi) is 3.86.